The van der Waals surface area contributed by atoms with Crippen LogP contribution in [0.3, 0.4) is 0 Å². The zero-order valence-electron chi connectivity index (χ0n) is 12.9. The molecule has 2 fully saturated rings. The maximum absolute atomic E-state index is 12.1. The smallest absolute Gasteiger partial charge is 0.319 e. The van der Waals surface area contributed by atoms with Crippen LogP contribution in [0, 0.1) is 0 Å². The molecule has 0 bridgehead atoms. The number of anilines is 1. The highest BCUT2D eigenvalue weighted by Gasteiger charge is 2.43. The standard InChI is InChI=1S/C15H21N3O3S/c1-16(2)14(20)17-6-4-15(5-7-17)11-18(13(19)9-21-15)12-3-8-22-10-12/h3,8,10H,4-7,9,11H2,1-2H3. The van der Waals surface area contributed by atoms with Crippen molar-refractivity contribution in [3.63, 3.8) is 0 Å². The molecule has 0 aromatic carbocycles. The summed E-state index contributed by atoms with van der Waals surface area (Å²) < 4.78 is 5.90. The van der Waals surface area contributed by atoms with E-state index in [2.05, 4.69) is 0 Å². The Morgan fingerprint density at radius 3 is 2.68 bits per heavy atom. The van der Waals surface area contributed by atoms with E-state index in [4.69, 9.17) is 4.74 Å². The van der Waals surface area contributed by atoms with Crippen molar-refractivity contribution < 1.29 is 14.3 Å². The van der Waals surface area contributed by atoms with E-state index < -0.39 is 0 Å². The molecule has 3 amide bonds. The molecule has 2 aliphatic rings. The SMILES string of the molecule is CN(C)C(=O)N1CCC2(CC1)CN(c1ccsc1)C(=O)CO2. The molecule has 6 nitrogen and oxygen atoms in total. The molecule has 0 saturated carbocycles. The van der Waals surface area contributed by atoms with Crippen LogP contribution >= 0.6 is 11.3 Å². The molecule has 0 aliphatic carbocycles. The van der Waals surface area contributed by atoms with Crippen molar-refractivity contribution in [3.8, 4) is 0 Å². The molecule has 1 spiro atoms. The number of hydrogen-bond acceptors (Lipinski definition) is 4. The molecular formula is C15H21N3O3S. The van der Waals surface area contributed by atoms with Gasteiger partial charge < -0.3 is 19.4 Å². The second-order valence-electron chi connectivity index (χ2n) is 6.10. The van der Waals surface area contributed by atoms with Gasteiger partial charge in [0.05, 0.1) is 17.8 Å². The number of thiophene rings is 1. The van der Waals surface area contributed by atoms with Crippen molar-refractivity contribution in [3.05, 3.63) is 16.8 Å². The highest BCUT2D eigenvalue weighted by molar-refractivity contribution is 7.08. The number of likely N-dealkylation sites (tertiary alicyclic amines) is 1. The lowest BCUT2D eigenvalue weighted by atomic mass is 9.89. The second kappa shape index (κ2) is 5.89. The first-order chi connectivity index (χ1) is 10.5. The number of urea groups is 1. The molecule has 1 aromatic rings. The average molecular weight is 323 g/mol. The summed E-state index contributed by atoms with van der Waals surface area (Å²) in [5.74, 6) is 0.0100. The molecule has 2 aliphatic heterocycles. The number of ether oxygens (including phenoxy) is 1. The topological polar surface area (TPSA) is 53.1 Å². The largest absolute Gasteiger partial charge is 0.363 e. The molecule has 3 heterocycles. The predicted molar refractivity (Wildman–Crippen MR) is 85.2 cm³/mol. The molecule has 0 N–H and O–H groups in total. The van der Waals surface area contributed by atoms with Gasteiger partial charge in [0.15, 0.2) is 0 Å². The number of morpholine rings is 1. The predicted octanol–water partition coefficient (Wildman–Crippen LogP) is 1.63. The molecule has 1 aromatic heterocycles. The third-order valence-electron chi connectivity index (χ3n) is 4.39. The Morgan fingerprint density at radius 2 is 2.09 bits per heavy atom. The molecule has 2 saturated heterocycles. The maximum Gasteiger partial charge on any atom is 0.319 e. The van der Waals surface area contributed by atoms with Gasteiger partial charge >= 0.3 is 6.03 Å². The highest BCUT2D eigenvalue weighted by Crippen LogP contribution is 2.33. The van der Waals surface area contributed by atoms with Crippen LogP contribution in [-0.4, -0.2) is 67.7 Å². The Hall–Kier alpha value is -1.60. The normalized spacial score (nSPS) is 21.3. The molecule has 0 radical (unpaired) electrons. The van der Waals surface area contributed by atoms with Gasteiger partial charge in [-0.05, 0) is 24.3 Å². The lowest BCUT2D eigenvalue weighted by Gasteiger charge is -2.47. The van der Waals surface area contributed by atoms with E-state index in [-0.39, 0.29) is 24.1 Å². The number of rotatable bonds is 1. The highest BCUT2D eigenvalue weighted by atomic mass is 32.1. The van der Waals surface area contributed by atoms with Gasteiger partial charge in [-0.25, -0.2) is 4.79 Å². The van der Waals surface area contributed by atoms with Crippen molar-refractivity contribution in [1.82, 2.24) is 9.80 Å². The first-order valence-electron chi connectivity index (χ1n) is 7.43. The van der Waals surface area contributed by atoms with Crippen molar-refractivity contribution in [1.29, 1.82) is 0 Å². The Bertz CT molecular complexity index is 550. The molecule has 22 heavy (non-hydrogen) atoms. The van der Waals surface area contributed by atoms with E-state index in [1.807, 2.05) is 26.6 Å². The fourth-order valence-corrected chi connectivity index (χ4v) is 3.69. The maximum atomic E-state index is 12.1. The Kier molecular flexibility index (Phi) is 4.10. The summed E-state index contributed by atoms with van der Waals surface area (Å²) in [6, 6.07) is 2.00. The van der Waals surface area contributed by atoms with Crippen LogP contribution < -0.4 is 4.90 Å². The van der Waals surface area contributed by atoms with Crippen LogP contribution in [0.5, 0.6) is 0 Å². The van der Waals surface area contributed by atoms with E-state index in [0.717, 1.165) is 18.5 Å². The van der Waals surface area contributed by atoms with Crippen LogP contribution in [-0.2, 0) is 9.53 Å². The number of amides is 3. The molecular weight excluding hydrogens is 302 g/mol. The summed E-state index contributed by atoms with van der Waals surface area (Å²) in [5.41, 5.74) is 0.628. The first-order valence-corrected chi connectivity index (χ1v) is 8.38. The summed E-state index contributed by atoms with van der Waals surface area (Å²) in [5, 5.41) is 3.96. The Morgan fingerprint density at radius 1 is 1.36 bits per heavy atom. The zero-order chi connectivity index (χ0) is 15.7. The van der Waals surface area contributed by atoms with Crippen LogP contribution in [0.2, 0.25) is 0 Å². The van der Waals surface area contributed by atoms with E-state index in [0.29, 0.717) is 19.6 Å². The van der Waals surface area contributed by atoms with Crippen LogP contribution in [0.1, 0.15) is 12.8 Å². The van der Waals surface area contributed by atoms with Gasteiger partial charge in [-0.15, -0.1) is 0 Å². The minimum atomic E-state index is -0.320. The van der Waals surface area contributed by atoms with Crippen molar-refractivity contribution in [2.45, 2.75) is 18.4 Å². The van der Waals surface area contributed by atoms with Crippen LogP contribution in [0.15, 0.2) is 16.8 Å². The van der Waals surface area contributed by atoms with Crippen LogP contribution in [0.4, 0.5) is 10.5 Å². The van der Waals surface area contributed by atoms with Gasteiger partial charge in [-0.2, -0.15) is 11.3 Å². The third-order valence-corrected chi connectivity index (χ3v) is 5.07. The molecule has 3 rings (SSSR count). The van der Waals surface area contributed by atoms with Crippen molar-refractivity contribution >= 4 is 29.0 Å². The number of hydrogen-bond donors (Lipinski definition) is 0. The minimum absolute atomic E-state index is 0.0100. The average Bonchev–Trinajstić information content (AvgIpc) is 3.04. The number of carbonyl (C=O) groups is 2. The molecule has 0 atom stereocenters. The number of piperidine rings is 1. The fraction of sp³-hybridized carbons (Fsp3) is 0.600. The lowest BCUT2D eigenvalue weighted by Crippen LogP contribution is -2.60. The summed E-state index contributed by atoms with van der Waals surface area (Å²) in [4.78, 5) is 29.4. The van der Waals surface area contributed by atoms with Gasteiger partial charge in [0.25, 0.3) is 5.91 Å². The molecule has 7 heteroatoms. The van der Waals surface area contributed by atoms with Crippen molar-refractivity contribution in [2.75, 3.05) is 45.2 Å². The zero-order valence-corrected chi connectivity index (χ0v) is 13.8. The molecule has 120 valence electrons. The van der Waals surface area contributed by atoms with E-state index in [1.165, 1.54) is 0 Å². The van der Waals surface area contributed by atoms with Crippen LogP contribution in [0.25, 0.3) is 0 Å². The minimum Gasteiger partial charge on any atom is -0.363 e. The number of nitrogens with zero attached hydrogens (tertiary/aromatic N) is 3. The number of carbonyl (C=O) groups excluding carboxylic acids is 2. The van der Waals surface area contributed by atoms with Gasteiger partial charge in [0, 0.05) is 32.6 Å². The lowest BCUT2D eigenvalue weighted by molar-refractivity contribution is -0.143. The third kappa shape index (κ3) is 2.83. The van der Waals surface area contributed by atoms with Crippen molar-refractivity contribution in [2.24, 2.45) is 0 Å². The van der Waals surface area contributed by atoms with Gasteiger partial charge in [0.2, 0.25) is 0 Å². The van der Waals surface area contributed by atoms with Gasteiger partial charge in [-0.1, -0.05) is 0 Å². The van der Waals surface area contributed by atoms with E-state index >= 15 is 0 Å². The van der Waals surface area contributed by atoms with E-state index in [1.54, 1.807) is 30.3 Å². The Balaban J connectivity index is 1.68. The first kappa shape index (κ1) is 15.3. The quantitative estimate of drug-likeness (QED) is 0.789. The second-order valence-corrected chi connectivity index (χ2v) is 6.88. The summed E-state index contributed by atoms with van der Waals surface area (Å²) in [6.45, 7) is 2.04. The summed E-state index contributed by atoms with van der Waals surface area (Å²) >= 11 is 1.58. The van der Waals surface area contributed by atoms with Gasteiger partial charge in [-0.3, -0.25) is 4.79 Å². The van der Waals surface area contributed by atoms with E-state index in [9.17, 15) is 9.59 Å². The Labute approximate surface area is 134 Å². The molecule has 0 unspecified atom stereocenters. The van der Waals surface area contributed by atoms with Gasteiger partial charge in [0.1, 0.15) is 6.61 Å². The fourth-order valence-electron chi connectivity index (χ4n) is 3.05. The summed E-state index contributed by atoms with van der Waals surface area (Å²) in [7, 11) is 3.53. The summed E-state index contributed by atoms with van der Waals surface area (Å²) in [6.07, 6.45) is 1.53. The monoisotopic (exact) mass is 323 g/mol.